The molecule has 0 radical (unpaired) electrons. The van der Waals surface area contributed by atoms with Crippen LogP contribution in [0.3, 0.4) is 0 Å². The molecule has 5 nitrogen and oxygen atoms in total. The molecule has 1 aromatic rings. The fourth-order valence-corrected chi connectivity index (χ4v) is 2.07. The maximum absolute atomic E-state index is 5.64. The number of hydrogen-bond donors (Lipinski definition) is 1. The summed E-state index contributed by atoms with van der Waals surface area (Å²) in [6, 6.07) is 1.94. The second kappa shape index (κ2) is 6.54. The van der Waals surface area contributed by atoms with Gasteiger partial charge in [-0.1, -0.05) is 6.92 Å². The minimum Gasteiger partial charge on any atom is -0.376 e. The van der Waals surface area contributed by atoms with Gasteiger partial charge in [-0.25, -0.2) is 4.98 Å². The summed E-state index contributed by atoms with van der Waals surface area (Å²) >= 11 is 0. The number of ether oxygens (including phenoxy) is 1. The summed E-state index contributed by atoms with van der Waals surface area (Å²) in [7, 11) is 2.05. The first kappa shape index (κ1) is 13.1. The third kappa shape index (κ3) is 3.57. The number of anilines is 2. The highest BCUT2D eigenvalue weighted by atomic mass is 16.5. The van der Waals surface area contributed by atoms with E-state index in [-0.39, 0.29) is 0 Å². The minimum atomic E-state index is 0.344. The Hall–Kier alpha value is -1.36. The quantitative estimate of drug-likeness (QED) is 0.836. The van der Waals surface area contributed by atoms with Crippen molar-refractivity contribution in [1.82, 2.24) is 9.97 Å². The Morgan fingerprint density at radius 2 is 2.44 bits per heavy atom. The first-order valence-electron chi connectivity index (χ1n) is 6.69. The SMILES string of the molecule is CCCNc1nccc(N(C)CC2CCCO2)n1. The van der Waals surface area contributed by atoms with E-state index in [9.17, 15) is 0 Å². The van der Waals surface area contributed by atoms with Crippen LogP contribution in [0.5, 0.6) is 0 Å². The maximum atomic E-state index is 5.64. The van der Waals surface area contributed by atoms with Gasteiger partial charge in [0.05, 0.1) is 6.10 Å². The minimum absolute atomic E-state index is 0.344. The van der Waals surface area contributed by atoms with E-state index in [2.05, 4.69) is 27.1 Å². The third-order valence-electron chi connectivity index (χ3n) is 3.07. The molecule has 0 aliphatic carbocycles. The first-order chi connectivity index (χ1) is 8.79. The Kier molecular flexibility index (Phi) is 4.75. The van der Waals surface area contributed by atoms with Gasteiger partial charge >= 0.3 is 0 Å². The van der Waals surface area contributed by atoms with E-state index in [1.54, 1.807) is 6.20 Å². The van der Waals surface area contributed by atoms with Crippen LogP contribution in [-0.2, 0) is 4.74 Å². The Labute approximate surface area is 109 Å². The fraction of sp³-hybridized carbons (Fsp3) is 0.692. The lowest BCUT2D eigenvalue weighted by molar-refractivity contribution is 0.116. The van der Waals surface area contributed by atoms with E-state index in [4.69, 9.17) is 4.74 Å². The summed E-state index contributed by atoms with van der Waals surface area (Å²) < 4.78 is 5.64. The highest BCUT2D eigenvalue weighted by Crippen LogP contribution is 2.16. The van der Waals surface area contributed by atoms with Crippen molar-refractivity contribution in [3.63, 3.8) is 0 Å². The lowest BCUT2D eigenvalue weighted by Crippen LogP contribution is -2.29. The van der Waals surface area contributed by atoms with Crippen LogP contribution >= 0.6 is 0 Å². The molecular formula is C13H22N4O. The number of rotatable bonds is 6. The van der Waals surface area contributed by atoms with E-state index >= 15 is 0 Å². The third-order valence-corrected chi connectivity index (χ3v) is 3.07. The van der Waals surface area contributed by atoms with Crippen LogP contribution in [0, 0.1) is 0 Å². The molecule has 1 unspecified atom stereocenters. The summed E-state index contributed by atoms with van der Waals surface area (Å²) in [5.74, 6) is 1.65. The molecule has 18 heavy (non-hydrogen) atoms. The van der Waals surface area contributed by atoms with Gasteiger partial charge in [0.1, 0.15) is 5.82 Å². The number of hydrogen-bond acceptors (Lipinski definition) is 5. The van der Waals surface area contributed by atoms with Crippen molar-refractivity contribution >= 4 is 11.8 Å². The molecule has 0 bridgehead atoms. The summed E-state index contributed by atoms with van der Waals surface area (Å²) in [5.41, 5.74) is 0. The zero-order chi connectivity index (χ0) is 12.8. The van der Waals surface area contributed by atoms with Crippen molar-refractivity contribution in [1.29, 1.82) is 0 Å². The Balaban J connectivity index is 1.93. The van der Waals surface area contributed by atoms with Crippen LogP contribution in [0.4, 0.5) is 11.8 Å². The van der Waals surface area contributed by atoms with Crippen LogP contribution in [-0.4, -0.2) is 42.8 Å². The fourth-order valence-electron chi connectivity index (χ4n) is 2.07. The smallest absolute Gasteiger partial charge is 0.224 e. The number of likely N-dealkylation sites (N-methyl/N-ethyl adjacent to an activating group) is 1. The van der Waals surface area contributed by atoms with E-state index in [1.807, 2.05) is 13.1 Å². The summed E-state index contributed by atoms with van der Waals surface area (Å²) in [6.45, 7) is 4.81. The van der Waals surface area contributed by atoms with Crippen molar-refractivity contribution in [3.05, 3.63) is 12.3 Å². The Morgan fingerprint density at radius 3 is 3.17 bits per heavy atom. The van der Waals surface area contributed by atoms with E-state index in [0.717, 1.165) is 38.4 Å². The summed E-state index contributed by atoms with van der Waals surface area (Å²) in [5, 5.41) is 3.20. The zero-order valence-corrected chi connectivity index (χ0v) is 11.2. The molecule has 1 aliphatic heterocycles. The zero-order valence-electron chi connectivity index (χ0n) is 11.2. The Morgan fingerprint density at radius 1 is 1.56 bits per heavy atom. The van der Waals surface area contributed by atoms with Crippen molar-refractivity contribution in [2.45, 2.75) is 32.3 Å². The molecular weight excluding hydrogens is 228 g/mol. The highest BCUT2D eigenvalue weighted by molar-refractivity contribution is 5.41. The normalized spacial score (nSPS) is 18.9. The molecule has 2 heterocycles. The number of aromatic nitrogens is 2. The predicted octanol–water partition coefficient (Wildman–Crippen LogP) is 1.91. The van der Waals surface area contributed by atoms with Gasteiger partial charge in [0.2, 0.25) is 5.95 Å². The average molecular weight is 250 g/mol. The van der Waals surface area contributed by atoms with Gasteiger partial charge in [-0.2, -0.15) is 4.98 Å². The summed E-state index contributed by atoms with van der Waals surface area (Å²) in [4.78, 5) is 10.8. The second-order valence-corrected chi connectivity index (χ2v) is 4.68. The molecule has 0 saturated carbocycles. The van der Waals surface area contributed by atoms with Crippen LogP contribution in [0.25, 0.3) is 0 Å². The van der Waals surface area contributed by atoms with Gasteiger partial charge in [-0.3, -0.25) is 0 Å². The van der Waals surface area contributed by atoms with E-state index in [1.165, 1.54) is 6.42 Å². The molecule has 1 N–H and O–H groups in total. The molecule has 1 aromatic heterocycles. The number of nitrogens with one attached hydrogen (secondary N) is 1. The molecule has 0 spiro atoms. The predicted molar refractivity (Wildman–Crippen MR) is 73.1 cm³/mol. The van der Waals surface area contributed by atoms with Gasteiger partial charge < -0.3 is 15.0 Å². The van der Waals surface area contributed by atoms with Crippen LogP contribution in [0.2, 0.25) is 0 Å². The molecule has 5 heteroatoms. The molecule has 0 aromatic carbocycles. The van der Waals surface area contributed by atoms with Gasteiger partial charge in [0.25, 0.3) is 0 Å². The molecule has 0 amide bonds. The topological polar surface area (TPSA) is 50.3 Å². The van der Waals surface area contributed by atoms with E-state index < -0.39 is 0 Å². The molecule has 1 atom stereocenters. The van der Waals surface area contributed by atoms with Gasteiger partial charge in [-0.05, 0) is 25.3 Å². The maximum Gasteiger partial charge on any atom is 0.224 e. The molecule has 2 rings (SSSR count). The van der Waals surface area contributed by atoms with Crippen molar-refractivity contribution in [2.75, 3.05) is 37.0 Å². The lowest BCUT2D eigenvalue weighted by Gasteiger charge is -2.21. The van der Waals surface area contributed by atoms with Crippen molar-refractivity contribution in [2.24, 2.45) is 0 Å². The van der Waals surface area contributed by atoms with Crippen LogP contribution in [0.1, 0.15) is 26.2 Å². The molecule has 100 valence electrons. The van der Waals surface area contributed by atoms with Gasteiger partial charge in [-0.15, -0.1) is 0 Å². The molecule has 1 aliphatic rings. The van der Waals surface area contributed by atoms with Crippen LogP contribution in [0.15, 0.2) is 12.3 Å². The lowest BCUT2D eigenvalue weighted by atomic mass is 10.2. The first-order valence-corrected chi connectivity index (χ1v) is 6.69. The Bertz CT molecular complexity index is 366. The molecule has 1 fully saturated rings. The average Bonchev–Trinajstić information content (AvgIpc) is 2.89. The monoisotopic (exact) mass is 250 g/mol. The standard InChI is InChI=1S/C13H22N4O/c1-3-7-14-13-15-8-6-12(16-13)17(2)10-11-5-4-9-18-11/h6,8,11H,3-5,7,9-10H2,1-2H3,(H,14,15,16). The number of nitrogens with zero attached hydrogens (tertiary/aromatic N) is 3. The van der Waals surface area contributed by atoms with Gasteiger partial charge in [0, 0.05) is 32.9 Å². The van der Waals surface area contributed by atoms with Gasteiger partial charge in [0.15, 0.2) is 0 Å². The van der Waals surface area contributed by atoms with Crippen molar-refractivity contribution in [3.8, 4) is 0 Å². The van der Waals surface area contributed by atoms with E-state index in [0.29, 0.717) is 12.1 Å². The van der Waals surface area contributed by atoms with Crippen LogP contribution < -0.4 is 10.2 Å². The summed E-state index contributed by atoms with van der Waals surface area (Å²) in [6.07, 6.45) is 5.53. The molecule has 1 saturated heterocycles. The second-order valence-electron chi connectivity index (χ2n) is 4.68. The highest BCUT2D eigenvalue weighted by Gasteiger charge is 2.18. The largest absolute Gasteiger partial charge is 0.376 e. The van der Waals surface area contributed by atoms with Crippen molar-refractivity contribution < 1.29 is 4.74 Å².